The first-order chi connectivity index (χ1) is 9.04. The number of rotatable bonds is 3. The molecule has 4 heteroatoms. The van der Waals surface area contributed by atoms with Gasteiger partial charge in [-0.3, -0.25) is 4.79 Å². The lowest BCUT2D eigenvalue weighted by atomic mass is 10.1. The van der Waals surface area contributed by atoms with E-state index in [1.165, 1.54) is 0 Å². The number of hydrogen-bond acceptors (Lipinski definition) is 2. The summed E-state index contributed by atoms with van der Waals surface area (Å²) in [7, 11) is 0. The third-order valence-electron chi connectivity index (χ3n) is 2.84. The van der Waals surface area contributed by atoms with Crippen molar-refractivity contribution in [2.24, 2.45) is 0 Å². The van der Waals surface area contributed by atoms with Gasteiger partial charge >= 0.3 is 0 Å². The van der Waals surface area contributed by atoms with Crippen molar-refractivity contribution in [3.05, 3.63) is 58.1 Å². The van der Waals surface area contributed by atoms with Crippen molar-refractivity contribution in [3.8, 4) is 0 Å². The van der Waals surface area contributed by atoms with Gasteiger partial charge in [0.25, 0.3) is 0 Å². The van der Waals surface area contributed by atoms with Crippen LogP contribution in [0.15, 0.2) is 46.9 Å². The molecule has 0 fully saturated rings. The van der Waals surface area contributed by atoms with Crippen LogP contribution in [0.1, 0.15) is 11.1 Å². The molecule has 3 N–H and O–H groups in total. The van der Waals surface area contributed by atoms with E-state index in [4.69, 9.17) is 5.73 Å². The minimum Gasteiger partial charge on any atom is -0.398 e. The van der Waals surface area contributed by atoms with Crippen molar-refractivity contribution in [1.82, 2.24) is 0 Å². The van der Waals surface area contributed by atoms with Crippen LogP contribution in [0.3, 0.4) is 0 Å². The van der Waals surface area contributed by atoms with E-state index in [-0.39, 0.29) is 5.91 Å². The number of amides is 1. The third-order valence-corrected chi connectivity index (χ3v) is 3.37. The number of nitrogens with one attached hydrogen (secondary N) is 1. The molecule has 0 aliphatic rings. The summed E-state index contributed by atoms with van der Waals surface area (Å²) in [5, 5.41) is 2.84. The monoisotopic (exact) mass is 318 g/mol. The smallest absolute Gasteiger partial charge is 0.228 e. The van der Waals surface area contributed by atoms with Crippen LogP contribution in [-0.2, 0) is 11.2 Å². The van der Waals surface area contributed by atoms with Crippen LogP contribution in [0.4, 0.5) is 11.4 Å². The van der Waals surface area contributed by atoms with Crippen molar-refractivity contribution in [2.75, 3.05) is 11.1 Å². The summed E-state index contributed by atoms with van der Waals surface area (Å²) in [6.45, 7) is 1.93. The number of benzene rings is 2. The molecule has 0 bridgehead atoms. The van der Waals surface area contributed by atoms with E-state index in [0.717, 1.165) is 21.3 Å². The lowest BCUT2D eigenvalue weighted by Crippen LogP contribution is -2.14. The Morgan fingerprint density at radius 2 is 1.89 bits per heavy atom. The average molecular weight is 319 g/mol. The maximum absolute atomic E-state index is 11.9. The summed E-state index contributed by atoms with van der Waals surface area (Å²) in [5.74, 6) is -0.0504. The second kappa shape index (κ2) is 5.89. The number of halogens is 1. The summed E-state index contributed by atoms with van der Waals surface area (Å²) in [6, 6.07) is 13.2. The van der Waals surface area contributed by atoms with Crippen LogP contribution in [0.2, 0.25) is 0 Å². The van der Waals surface area contributed by atoms with Gasteiger partial charge in [0.15, 0.2) is 0 Å². The maximum Gasteiger partial charge on any atom is 0.228 e. The number of carbonyl (C=O) groups excluding carboxylic acids is 1. The molecule has 3 nitrogen and oxygen atoms in total. The van der Waals surface area contributed by atoms with E-state index >= 15 is 0 Å². The number of aryl methyl sites for hydroxylation is 1. The molecule has 0 radical (unpaired) electrons. The quantitative estimate of drug-likeness (QED) is 0.851. The Morgan fingerprint density at radius 3 is 2.53 bits per heavy atom. The molecule has 0 aliphatic heterocycles. The third kappa shape index (κ3) is 3.83. The Morgan fingerprint density at radius 1 is 1.21 bits per heavy atom. The van der Waals surface area contributed by atoms with E-state index in [0.29, 0.717) is 12.1 Å². The highest BCUT2D eigenvalue weighted by Gasteiger charge is 2.05. The molecule has 2 rings (SSSR count). The minimum atomic E-state index is -0.0504. The van der Waals surface area contributed by atoms with Gasteiger partial charge in [-0.1, -0.05) is 34.1 Å². The molecule has 19 heavy (non-hydrogen) atoms. The van der Waals surface area contributed by atoms with Crippen molar-refractivity contribution in [1.29, 1.82) is 0 Å². The largest absolute Gasteiger partial charge is 0.398 e. The number of nitrogen functional groups attached to an aromatic ring is 1. The number of carbonyl (C=O) groups is 1. The van der Waals surface area contributed by atoms with E-state index < -0.39 is 0 Å². The lowest BCUT2D eigenvalue weighted by molar-refractivity contribution is -0.115. The van der Waals surface area contributed by atoms with E-state index in [2.05, 4.69) is 21.2 Å². The number of nitrogens with two attached hydrogens (primary N) is 1. The van der Waals surface area contributed by atoms with E-state index in [1.54, 1.807) is 6.07 Å². The molecule has 0 unspecified atom stereocenters. The summed E-state index contributed by atoms with van der Waals surface area (Å²) < 4.78 is 1.00. The molecule has 0 heterocycles. The van der Waals surface area contributed by atoms with Gasteiger partial charge in [0.1, 0.15) is 0 Å². The molecular formula is C15H15BrN2O. The second-order valence-electron chi connectivity index (χ2n) is 4.42. The summed E-state index contributed by atoms with van der Waals surface area (Å²) in [6.07, 6.45) is 0.348. The first-order valence-corrected chi connectivity index (χ1v) is 6.74. The Labute approximate surface area is 121 Å². The molecular weight excluding hydrogens is 304 g/mol. The van der Waals surface area contributed by atoms with Crippen LogP contribution in [0, 0.1) is 6.92 Å². The molecule has 1 amide bonds. The fraction of sp³-hybridized carbons (Fsp3) is 0.133. The molecule has 0 spiro atoms. The van der Waals surface area contributed by atoms with Crippen LogP contribution in [0.5, 0.6) is 0 Å². The number of anilines is 2. The SMILES string of the molecule is Cc1ccc(NC(=O)Cc2ccc(Br)cc2)cc1N. The molecule has 2 aromatic carbocycles. The highest BCUT2D eigenvalue weighted by molar-refractivity contribution is 9.10. The van der Waals surface area contributed by atoms with Crippen molar-refractivity contribution >= 4 is 33.2 Å². The molecule has 98 valence electrons. The van der Waals surface area contributed by atoms with Crippen LogP contribution in [-0.4, -0.2) is 5.91 Å². The molecule has 2 aromatic rings. The highest BCUT2D eigenvalue weighted by atomic mass is 79.9. The predicted molar refractivity (Wildman–Crippen MR) is 82.1 cm³/mol. The van der Waals surface area contributed by atoms with E-state index in [9.17, 15) is 4.79 Å². The van der Waals surface area contributed by atoms with Gasteiger partial charge in [-0.05, 0) is 42.3 Å². The first kappa shape index (κ1) is 13.6. The summed E-state index contributed by atoms with van der Waals surface area (Å²) in [4.78, 5) is 11.9. The Bertz CT molecular complexity index is 594. The Balaban J connectivity index is 2.01. The minimum absolute atomic E-state index is 0.0504. The van der Waals surface area contributed by atoms with E-state index in [1.807, 2.05) is 43.3 Å². The Hall–Kier alpha value is -1.81. The standard InChI is InChI=1S/C15H15BrN2O/c1-10-2-7-13(9-14(10)17)18-15(19)8-11-3-5-12(16)6-4-11/h2-7,9H,8,17H2,1H3,(H,18,19). The molecule has 0 saturated heterocycles. The second-order valence-corrected chi connectivity index (χ2v) is 5.34. The topological polar surface area (TPSA) is 55.1 Å². The predicted octanol–water partition coefficient (Wildman–Crippen LogP) is 3.52. The van der Waals surface area contributed by atoms with Crippen LogP contribution < -0.4 is 11.1 Å². The zero-order valence-corrected chi connectivity index (χ0v) is 12.2. The fourth-order valence-electron chi connectivity index (χ4n) is 1.71. The lowest BCUT2D eigenvalue weighted by Gasteiger charge is -2.07. The van der Waals surface area contributed by atoms with Crippen molar-refractivity contribution < 1.29 is 4.79 Å². The highest BCUT2D eigenvalue weighted by Crippen LogP contribution is 2.17. The maximum atomic E-state index is 11.9. The Kier molecular flexibility index (Phi) is 4.22. The van der Waals surface area contributed by atoms with Crippen LogP contribution >= 0.6 is 15.9 Å². The van der Waals surface area contributed by atoms with Gasteiger partial charge in [0.2, 0.25) is 5.91 Å². The fourth-order valence-corrected chi connectivity index (χ4v) is 1.98. The average Bonchev–Trinajstić information content (AvgIpc) is 2.37. The number of hydrogen-bond donors (Lipinski definition) is 2. The summed E-state index contributed by atoms with van der Waals surface area (Å²) >= 11 is 3.37. The van der Waals surface area contributed by atoms with Crippen molar-refractivity contribution in [3.63, 3.8) is 0 Å². The zero-order valence-electron chi connectivity index (χ0n) is 10.6. The first-order valence-electron chi connectivity index (χ1n) is 5.95. The van der Waals surface area contributed by atoms with Gasteiger partial charge in [-0.15, -0.1) is 0 Å². The summed E-state index contributed by atoms with van der Waals surface area (Å²) in [5.41, 5.74) is 9.20. The normalized spacial score (nSPS) is 10.2. The van der Waals surface area contributed by atoms with Gasteiger partial charge in [-0.2, -0.15) is 0 Å². The van der Waals surface area contributed by atoms with Gasteiger partial charge in [-0.25, -0.2) is 0 Å². The molecule has 0 saturated carbocycles. The molecule has 0 aromatic heterocycles. The van der Waals surface area contributed by atoms with Crippen molar-refractivity contribution in [2.45, 2.75) is 13.3 Å². The van der Waals surface area contributed by atoms with Gasteiger partial charge in [0, 0.05) is 15.8 Å². The zero-order chi connectivity index (χ0) is 13.8. The molecule has 0 aliphatic carbocycles. The molecule has 0 atom stereocenters. The van der Waals surface area contributed by atoms with Crippen LogP contribution in [0.25, 0.3) is 0 Å². The van der Waals surface area contributed by atoms with Gasteiger partial charge < -0.3 is 11.1 Å². The van der Waals surface area contributed by atoms with Gasteiger partial charge in [0.05, 0.1) is 6.42 Å².